The van der Waals surface area contributed by atoms with E-state index in [0.717, 1.165) is 0 Å². The number of nitrogens with zero attached hydrogens (tertiary/aromatic N) is 2. The zero-order valence-electron chi connectivity index (χ0n) is 7.94. The molecule has 0 atom stereocenters. The summed E-state index contributed by atoms with van der Waals surface area (Å²) in [6, 6.07) is 1.43. The second-order valence-electron chi connectivity index (χ2n) is 2.86. The lowest BCUT2D eigenvalue weighted by Crippen LogP contribution is -2.20. The summed E-state index contributed by atoms with van der Waals surface area (Å²) in [5.74, 6) is -1.24. The van der Waals surface area contributed by atoms with Crippen molar-refractivity contribution < 1.29 is 14.7 Å². The van der Waals surface area contributed by atoms with Crippen LogP contribution in [0.15, 0.2) is 6.07 Å². The fraction of sp³-hybridized carbons (Fsp3) is 0.375. The Kier molecular flexibility index (Phi) is 2.85. The van der Waals surface area contributed by atoms with Crippen LogP contribution in [0, 0.1) is 0 Å². The highest BCUT2D eigenvalue weighted by molar-refractivity contribution is 5.85. The summed E-state index contributed by atoms with van der Waals surface area (Å²) in [6.07, 6.45) is 0. The Morgan fingerprint density at radius 3 is 2.71 bits per heavy atom. The molecule has 1 heterocycles. The lowest BCUT2D eigenvalue weighted by atomic mass is 10.3. The number of aryl methyl sites for hydroxylation is 1. The first-order chi connectivity index (χ1) is 6.50. The minimum absolute atomic E-state index is 0.0205. The first kappa shape index (κ1) is 10.2. The number of carbonyl (C=O) groups is 2. The zero-order valence-corrected chi connectivity index (χ0v) is 7.94. The van der Waals surface area contributed by atoms with Gasteiger partial charge in [0.25, 0.3) is 0 Å². The number of hydrogen-bond acceptors (Lipinski definition) is 3. The van der Waals surface area contributed by atoms with Crippen molar-refractivity contribution in [1.82, 2.24) is 15.1 Å². The molecule has 0 aliphatic rings. The highest BCUT2D eigenvalue weighted by Crippen LogP contribution is 2.02. The van der Waals surface area contributed by atoms with Crippen molar-refractivity contribution in [2.24, 2.45) is 7.05 Å². The molecular formula is C8H11N3O3. The van der Waals surface area contributed by atoms with Gasteiger partial charge in [-0.05, 0) is 6.07 Å². The van der Waals surface area contributed by atoms with Crippen LogP contribution in [0.2, 0.25) is 0 Å². The van der Waals surface area contributed by atoms with Crippen molar-refractivity contribution in [3.63, 3.8) is 0 Å². The van der Waals surface area contributed by atoms with E-state index < -0.39 is 5.97 Å². The fourth-order valence-corrected chi connectivity index (χ4v) is 0.991. The molecule has 76 valence electrons. The third kappa shape index (κ3) is 2.32. The molecule has 1 aromatic rings. The summed E-state index contributed by atoms with van der Waals surface area (Å²) in [7, 11) is 1.63. The third-order valence-corrected chi connectivity index (χ3v) is 1.71. The molecule has 0 bridgehead atoms. The maximum Gasteiger partial charge on any atom is 0.356 e. The van der Waals surface area contributed by atoms with Gasteiger partial charge in [-0.3, -0.25) is 9.48 Å². The van der Waals surface area contributed by atoms with Gasteiger partial charge in [-0.1, -0.05) is 0 Å². The molecule has 1 aromatic heterocycles. The van der Waals surface area contributed by atoms with Gasteiger partial charge in [0.15, 0.2) is 5.69 Å². The Labute approximate surface area is 80.5 Å². The molecule has 0 unspecified atom stereocenters. The number of carboxylic acid groups (broad SMARTS) is 1. The summed E-state index contributed by atoms with van der Waals surface area (Å²) < 4.78 is 1.43. The fourth-order valence-electron chi connectivity index (χ4n) is 0.991. The predicted molar refractivity (Wildman–Crippen MR) is 47.7 cm³/mol. The number of hydrogen-bond donors (Lipinski definition) is 2. The Morgan fingerprint density at radius 1 is 1.64 bits per heavy atom. The second kappa shape index (κ2) is 3.91. The maximum atomic E-state index is 10.6. The second-order valence-corrected chi connectivity index (χ2v) is 2.86. The van der Waals surface area contributed by atoms with Gasteiger partial charge in [0.2, 0.25) is 5.91 Å². The molecule has 0 aromatic carbocycles. The number of rotatable bonds is 3. The molecule has 0 saturated heterocycles. The molecule has 1 rings (SSSR count). The minimum atomic E-state index is -1.07. The molecule has 0 saturated carbocycles. The molecule has 0 fully saturated rings. The van der Waals surface area contributed by atoms with E-state index in [4.69, 9.17) is 5.11 Å². The van der Waals surface area contributed by atoms with E-state index in [1.807, 2.05) is 0 Å². The van der Waals surface area contributed by atoms with E-state index in [-0.39, 0.29) is 18.1 Å². The summed E-state index contributed by atoms with van der Waals surface area (Å²) >= 11 is 0. The van der Waals surface area contributed by atoms with Gasteiger partial charge in [-0.25, -0.2) is 4.79 Å². The molecular weight excluding hydrogens is 186 g/mol. The van der Waals surface area contributed by atoms with Crippen LogP contribution >= 0.6 is 0 Å². The van der Waals surface area contributed by atoms with E-state index >= 15 is 0 Å². The van der Waals surface area contributed by atoms with Crippen LogP contribution < -0.4 is 5.32 Å². The summed E-state index contributed by atoms with van der Waals surface area (Å²) in [5.41, 5.74) is 0.630. The van der Waals surface area contributed by atoms with Crippen LogP contribution in [0.3, 0.4) is 0 Å². The van der Waals surface area contributed by atoms with Crippen molar-refractivity contribution >= 4 is 11.9 Å². The molecule has 14 heavy (non-hydrogen) atoms. The van der Waals surface area contributed by atoms with Gasteiger partial charge in [-0.2, -0.15) is 5.10 Å². The van der Waals surface area contributed by atoms with Crippen molar-refractivity contribution in [2.45, 2.75) is 13.5 Å². The average molecular weight is 197 g/mol. The van der Waals surface area contributed by atoms with Gasteiger partial charge in [0, 0.05) is 14.0 Å². The van der Waals surface area contributed by atoms with Gasteiger partial charge in [0.1, 0.15) is 0 Å². The number of aromatic nitrogens is 2. The van der Waals surface area contributed by atoms with Gasteiger partial charge in [-0.15, -0.1) is 0 Å². The molecule has 0 spiro atoms. The lowest BCUT2D eigenvalue weighted by Gasteiger charge is -2.00. The molecule has 0 aliphatic carbocycles. The van der Waals surface area contributed by atoms with Crippen molar-refractivity contribution in [2.75, 3.05) is 0 Å². The predicted octanol–water partition coefficient (Wildman–Crippen LogP) is -0.246. The number of carboxylic acids is 1. The first-order valence-corrected chi connectivity index (χ1v) is 4.01. The maximum absolute atomic E-state index is 10.6. The van der Waals surface area contributed by atoms with E-state index in [1.165, 1.54) is 17.7 Å². The van der Waals surface area contributed by atoms with E-state index in [2.05, 4.69) is 10.4 Å². The van der Waals surface area contributed by atoms with E-state index in [0.29, 0.717) is 5.69 Å². The number of carbonyl (C=O) groups excluding carboxylic acids is 1. The van der Waals surface area contributed by atoms with Crippen LogP contribution in [0.1, 0.15) is 23.1 Å². The Morgan fingerprint density at radius 2 is 2.29 bits per heavy atom. The minimum Gasteiger partial charge on any atom is -0.476 e. The number of nitrogens with one attached hydrogen (secondary N) is 1. The quantitative estimate of drug-likeness (QED) is 0.700. The molecule has 0 aliphatic heterocycles. The van der Waals surface area contributed by atoms with E-state index in [9.17, 15) is 9.59 Å². The normalized spacial score (nSPS) is 9.86. The van der Waals surface area contributed by atoms with Crippen LogP contribution in [0.25, 0.3) is 0 Å². The topological polar surface area (TPSA) is 84.2 Å². The lowest BCUT2D eigenvalue weighted by molar-refractivity contribution is -0.119. The monoisotopic (exact) mass is 197 g/mol. The summed E-state index contributed by atoms with van der Waals surface area (Å²) in [6.45, 7) is 1.68. The molecule has 6 nitrogen and oxygen atoms in total. The third-order valence-electron chi connectivity index (χ3n) is 1.71. The van der Waals surface area contributed by atoms with Crippen molar-refractivity contribution in [3.05, 3.63) is 17.5 Å². The molecule has 2 N–H and O–H groups in total. The van der Waals surface area contributed by atoms with Gasteiger partial charge >= 0.3 is 5.97 Å². The highest BCUT2D eigenvalue weighted by atomic mass is 16.4. The molecule has 0 radical (unpaired) electrons. The Hall–Kier alpha value is -1.85. The van der Waals surface area contributed by atoms with Crippen LogP contribution in [0.4, 0.5) is 0 Å². The number of amides is 1. The van der Waals surface area contributed by atoms with Gasteiger partial charge in [0.05, 0.1) is 12.2 Å². The Balaban J connectivity index is 2.77. The molecule has 1 amide bonds. The highest BCUT2D eigenvalue weighted by Gasteiger charge is 2.10. The number of aromatic carboxylic acids is 1. The summed E-state index contributed by atoms with van der Waals surface area (Å²) in [5, 5.41) is 15.0. The molecule has 6 heteroatoms. The standard InChI is InChI=1S/C8H11N3O3/c1-5(12)9-4-6-3-7(8(13)14)10-11(6)2/h3H,4H2,1-2H3,(H,9,12)(H,13,14). The van der Waals surface area contributed by atoms with Crippen molar-refractivity contribution in [3.8, 4) is 0 Å². The summed E-state index contributed by atoms with van der Waals surface area (Å²) in [4.78, 5) is 21.2. The average Bonchev–Trinajstić information content (AvgIpc) is 2.43. The van der Waals surface area contributed by atoms with Crippen LogP contribution in [-0.4, -0.2) is 26.8 Å². The van der Waals surface area contributed by atoms with Gasteiger partial charge < -0.3 is 10.4 Å². The van der Waals surface area contributed by atoms with Crippen molar-refractivity contribution in [1.29, 1.82) is 0 Å². The van der Waals surface area contributed by atoms with E-state index in [1.54, 1.807) is 7.05 Å². The largest absolute Gasteiger partial charge is 0.476 e. The first-order valence-electron chi connectivity index (χ1n) is 4.01. The van der Waals surface area contributed by atoms with Crippen LogP contribution in [-0.2, 0) is 18.4 Å². The van der Waals surface area contributed by atoms with Crippen LogP contribution in [0.5, 0.6) is 0 Å². The Bertz CT molecular complexity index is 370. The smallest absolute Gasteiger partial charge is 0.356 e. The zero-order chi connectivity index (χ0) is 10.7. The SMILES string of the molecule is CC(=O)NCc1cc(C(=O)O)nn1C.